The van der Waals surface area contributed by atoms with Crippen molar-refractivity contribution in [2.45, 2.75) is 59.4 Å². The molecule has 168 valence electrons. The Morgan fingerprint density at radius 2 is 1.94 bits per heavy atom. The first-order valence-corrected chi connectivity index (χ1v) is 12.3. The number of piperidine rings is 1. The zero-order valence-corrected chi connectivity index (χ0v) is 20.4. The third-order valence-corrected chi connectivity index (χ3v) is 8.32. The van der Waals surface area contributed by atoms with E-state index in [4.69, 9.17) is 4.74 Å². The summed E-state index contributed by atoms with van der Waals surface area (Å²) in [5.41, 5.74) is 5.29. The lowest BCUT2D eigenvalue weighted by Crippen LogP contribution is -2.31. The molecule has 1 amide bonds. The number of amides is 1. The Morgan fingerprint density at radius 1 is 1.19 bits per heavy atom. The van der Waals surface area contributed by atoms with Crippen molar-refractivity contribution in [3.8, 4) is 5.88 Å². The van der Waals surface area contributed by atoms with Crippen molar-refractivity contribution < 1.29 is 9.53 Å². The fraction of sp³-hybridized carbons (Fsp3) is 0.600. The summed E-state index contributed by atoms with van der Waals surface area (Å²) in [5.74, 6) is 1.56. The van der Waals surface area contributed by atoms with Gasteiger partial charge in [-0.1, -0.05) is 0 Å². The largest absolute Gasteiger partial charge is 0.481 e. The summed E-state index contributed by atoms with van der Waals surface area (Å²) in [7, 11) is 3.87. The van der Waals surface area contributed by atoms with Gasteiger partial charge in [-0.05, 0) is 96.1 Å². The van der Waals surface area contributed by atoms with Gasteiger partial charge in [0.25, 0.3) is 5.91 Å². The van der Waals surface area contributed by atoms with Gasteiger partial charge >= 0.3 is 0 Å². The highest BCUT2D eigenvalue weighted by Gasteiger charge is 2.30. The summed E-state index contributed by atoms with van der Waals surface area (Å²) in [6.07, 6.45) is 5.65. The number of carbonyl (C=O) groups is 1. The fourth-order valence-corrected chi connectivity index (χ4v) is 6.49. The average molecular weight is 442 g/mol. The van der Waals surface area contributed by atoms with E-state index >= 15 is 0 Å². The molecule has 4 heterocycles. The van der Waals surface area contributed by atoms with Crippen LogP contribution in [0.4, 0.5) is 0 Å². The van der Waals surface area contributed by atoms with Crippen molar-refractivity contribution in [1.29, 1.82) is 0 Å². The highest BCUT2D eigenvalue weighted by atomic mass is 32.1. The van der Waals surface area contributed by atoms with Crippen molar-refractivity contribution in [3.05, 3.63) is 43.8 Å². The van der Waals surface area contributed by atoms with E-state index in [0.717, 1.165) is 54.1 Å². The Balaban J connectivity index is 1.57. The van der Waals surface area contributed by atoms with E-state index in [2.05, 4.69) is 36.8 Å². The third kappa shape index (κ3) is 4.65. The second kappa shape index (κ2) is 9.29. The molecule has 31 heavy (non-hydrogen) atoms. The van der Waals surface area contributed by atoms with Gasteiger partial charge in [-0.3, -0.25) is 4.79 Å². The Kier molecular flexibility index (Phi) is 6.68. The van der Waals surface area contributed by atoms with Gasteiger partial charge < -0.3 is 14.5 Å². The molecule has 2 aliphatic heterocycles. The Hall–Kier alpha value is -1.92. The number of methoxy groups -OCH3 is 1. The zero-order valence-electron chi connectivity index (χ0n) is 19.6. The van der Waals surface area contributed by atoms with Gasteiger partial charge in [-0.25, -0.2) is 4.98 Å². The zero-order chi connectivity index (χ0) is 22.1. The first kappa shape index (κ1) is 22.3. The monoisotopic (exact) mass is 441 g/mol. The minimum Gasteiger partial charge on any atom is -0.481 e. The number of pyridine rings is 1. The standard InChI is InChI=1S/C25H35N3O2S/c1-16-13-17(2)26-24(30-5)20(16)15-28-10-6-7-21-23(25(28)29)18(3)22(31-21)14-19-8-11-27(4)12-9-19/h13,19H,6-12,14-15H2,1-5H3. The number of fused-ring (bicyclic) bond motifs is 1. The van der Waals surface area contributed by atoms with Gasteiger partial charge in [0.2, 0.25) is 5.88 Å². The number of aromatic nitrogens is 1. The van der Waals surface area contributed by atoms with Gasteiger partial charge in [0.05, 0.1) is 19.2 Å². The molecule has 0 aliphatic carbocycles. The van der Waals surface area contributed by atoms with Crippen LogP contribution >= 0.6 is 11.3 Å². The van der Waals surface area contributed by atoms with Gasteiger partial charge in [0, 0.05) is 27.6 Å². The molecule has 0 atom stereocenters. The molecule has 2 aromatic rings. The number of aryl methyl sites for hydroxylation is 3. The van der Waals surface area contributed by atoms with Crippen LogP contribution in [0, 0.1) is 26.7 Å². The molecule has 0 bridgehead atoms. The summed E-state index contributed by atoms with van der Waals surface area (Å²) in [6.45, 7) is 9.93. The molecule has 0 radical (unpaired) electrons. The molecule has 5 nitrogen and oxygen atoms in total. The van der Waals surface area contributed by atoms with Crippen LogP contribution in [0.2, 0.25) is 0 Å². The minimum atomic E-state index is 0.179. The molecular weight excluding hydrogens is 406 g/mol. The summed E-state index contributed by atoms with van der Waals surface area (Å²) >= 11 is 1.90. The third-order valence-electron chi connectivity index (χ3n) is 6.94. The van der Waals surface area contributed by atoms with E-state index in [1.165, 1.54) is 41.2 Å². The number of nitrogens with zero attached hydrogens (tertiary/aromatic N) is 3. The highest BCUT2D eigenvalue weighted by molar-refractivity contribution is 7.12. The number of likely N-dealkylation sites (tertiary alicyclic amines) is 1. The molecule has 2 aliphatic rings. The Labute approximate surface area is 190 Å². The number of ether oxygens (including phenoxy) is 1. The predicted octanol–water partition coefficient (Wildman–Crippen LogP) is 4.55. The van der Waals surface area contributed by atoms with Crippen LogP contribution in [0.15, 0.2) is 6.07 Å². The van der Waals surface area contributed by atoms with E-state index in [0.29, 0.717) is 12.4 Å². The van der Waals surface area contributed by atoms with E-state index in [1.54, 1.807) is 7.11 Å². The number of carbonyl (C=O) groups excluding carboxylic acids is 1. The van der Waals surface area contributed by atoms with Gasteiger partial charge in [-0.2, -0.15) is 0 Å². The van der Waals surface area contributed by atoms with Crippen LogP contribution < -0.4 is 4.74 Å². The van der Waals surface area contributed by atoms with Crippen molar-refractivity contribution in [1.82, 2.24) is 14.8 Å². The van der Waals surface area contributed by atoms with Gasteiger partial charge in [0.1, 0.15) is 0 Å². The van der Waals surface area contributed by atoms with E-state index in [1.807, 2.05) is 23.2 Å². The van der Waals surface area contributed by atoms with Crippen molar-refractivity contribution in [2.24, 2.45) is 5.92 Å². The molecule has 2 aromatic heterocycles. The quantitative estimate of drug-likeness (QED) is 0.683. The van der Waals surface area contributed by atoms with Crippen LogP contribution in [0.3, 0.4) is 0 Å². The lowest BCUT2D eigenvalue weighted by atomic mass is 9.91. The van der Waals surface area contributed by atoms with Crippen LogP contribution in [0.5, 0.6) is 5.88 Å². The first-order valence-electron chi connectivity index (χ1n) is 11.5. The van der Waals surface area contributed by atoms with E-state index < -0.39 is 0 Å². The summed E-state index contributed by atoms with van der Waals surface area (Å²) in [5, 5.41) is 0. The Bertz CT molecular complexity index is 960. The Morgan fingerprint density at radius 3 is 2.65 bits per heavy atom. The number of thiophene rings is 1. The van der Waals surface area contributed by atoms with Crippen LogP contribution in [-0.4, -0.2) is 54.5 Å². The lowest BCUT2D eigenvalue weighted by Gasteiger charge is -2.28. The molecule has 6 heteroatoms. The molecule has 4 rings (SSSR count). The molecule has 0 spiro atoms. The molecule has 0 unspecified atom stereocenters. The predicted molar refractivity (Wildman–Crippen MR) is 126 cm³/mol. The number of rotatable bonds is 5. The van der Waals surface area contributed by atoms with Gasteiger partial charge in [-0.15, -0.1) is 11.3 Å². The van der Waals surface area contributed by atoms with Crippen LogP contribution in [-0.2, 0) is 19.4 Å². The smallest absolute Gasteiger partial charge is 0.255 e. The average Bonchev–Trinajstić information content (AvgIpc) is 2.95. The second-order valence-electron chi connectivity index (χ2n) is 9.30. The van der Waals surface area contributed by atoms with E-state index in [-0.39, 0.29) is 5.91 Å². The van der Waals surface area contributed by atoms with Crippen molar-refractivity contribution >= 4 is 17.2 Å². The highest BCUT2D eigenvalue weighted by Crippen LogP contribution is 2.36. The molecule has 0 saturated carbocycles. The fourth-order valence-electron chi connectivity index (χ4n) is 5.03. The molecule has 1 saturated heterocycles. The van der Waals surface area contributed by atoms with Crippen LogP contribution in [0.25, 0.3) is 0 Å². The SMILES string of the molecule is COc1nc(C)cc(C)c1CN1CCCc2sc(CC3CCN(C)CC3)c(C)c2C1=O. The number of hydrogen-bond acceptors (Lipinski definition) is 5. The second-order valence-corrected chi connectivity index (χ2v) is 10.5. The van der Waals surface area contributed by atoms with Crippen molar-refractivity contribution in [2.75, 3.05) is 33.8 Å². The van der Waals surface area contributed by atoms with Gasteiger partial charge in [0.15, 0.2) is 0 Å². The first-order chi connectivity index (χ1) is 14.9. The normalized spacial score (nSPS) is 18.2. The molecule has 1 fully saturated rings. The van der Waals surface area contributed by atoms with E-state index in [9.17, 15) is 4.79 Å². The summed E-state index contributed by atoms with van der Waals surface area (Å²) in [4.78, 5) is 25.3. The van der Waals surface area contributed by atoms with Crippen molar-refractivity contribution in [3.63, 3.8) is 0 Å². The maximum Gasteiger partial charge on any atom is 0.255 e. The molecule has 0 aromatic carbocycles. The maximum absolute atomic E-state index is 13.7. The summed E-state index contributed by atoms with van der Waals surface area (Å²) < 4.78 is 5.55. The lowest BCUT2D eigenvalue weighted by molar-refractivity contribution is 0.0746. The number of hydrogen-bond donors (Lipinski definition) is 0. The topological polar surface area (TPSA) is 45.7 Å². The van der Waals surface area contributed by atoms with Crippen LogP contribution in [0.1, 0.15) is 61.8 Å². The summed E-state index contributed by atoms with van der Waals surface area (Å²) in [6, 6.07) is 2.07. The molecule has 0 N–H and O–H groups in total. The minimum absolute atomic E-state index is 0.179. The maximum atomic E-state index is 13.7. The molecular formula is C25H35N3O2S.